The summed E-state index contributed by atoms with van der Waals surface area (Å²) in [6, 6.07) is 0. The Morgan fingerprint density at radius 1 is 0.571 bits per heavy atom. The molecule has 0 spiro atoms. The molecule has 0 rings (SSSR count). The predicted molar refractivity (Wildman–Crippen MR) is 79.6 cm³/mol. The Hall–Kier alpha value is 0.474. The molecule has 0 aliphatic heterocycles. The van der Waals surface area contributed by atoms with Crippen LogP contribution in [0.25, 0.3) is 0 Å². The number of hydrogen-bond donors (Lipinski definition) is 4. The van der Waals surface area contributed by atoms with Gasteiger partial charge in [0.1, 0.15) is 0 Å². The van der Waals surface area contributed by atoms with Crippen LogP contribution in [0.4, 0.5) is 0 Å². The van der Waals surface area contributed by atoms with E-state index in [4.69, 9.17) is 0 Å². The summed E-state index contributed by atoms with van der Waals surface area (Å²) in [5.74, 6) is 0. The van der Waals surface area contributed by atoms with E-state index in [1.807, 2.05) is 9.80 Å². The average Bonchev–Trinajstić information content (AvgIpc) is 2.22. The Morgan fingerprint density at radius 3 is 0.905 bits per heavy atom. The van der Waals surface area contributed by atoms with Gasteiger partial charge in [0.15, 0.2) is 0 Å². The number of aliphatic hydroxyl groups excluding tert-OH is 4. The molecule has 0 aromatic heterocycles. The van der Waals surface area contributed by atoms with E-state index in [2.05, 4.69) is 0 Å². The van der Waals surface area contributed by atoms with Crippen LogP contribution >= 0.6 is 0 Å². The molecule has 7 heteroatoms. The van der Waals surface area contributed by atoms with Crippen molar-refractivity contribution in [1.82, 2.24) is 9.80 Å². The van der Waals surface area contributed by atoms with E-state index in [-0.39, 0.29) is 21.7 Å². The smallest absolute Gasteiger partial charge is 0.0639 e. The van der Waals surface area contributed by atoms with E-state index >= 15 is 0 Å². The molecule has 0 amide bonds. The van der Waals surface area contributed by atoms with Gasteiger partial charge in [-0.3, -0.25) is 9.80 Å². The molecule has 0 aromatic carbocycles. The molecule has 0 saturated heterocycles. The fraction of sp³-hybridized carbons (Fsp3) is 1.00. The van der Waals surface area contributed by atoms with Gasteiger partial charge in [-0.05, 0) is 27.7 Å². The molecule has 0 bridgehead atoms. The largest absolute Gasteiger partial charge is 0.392 e. The zero-order chi connectivity index (χ0) is 15.7. The first-order valence-electron chi connectivity index (χ1n) is 7.37. The van der Waals surface area contributed by atoms with Crippen molar-refractivity contribution in [3.05, 3.63) is 0 Å². The summed E-state index contributed by atoms with van der Waals surface area (Å²) in [6.45, 7) is 10.2. The van der Waals surface area contributed by atoms with E-state index < -0.39 is 24.4 Å². The molecule has 4 atom stereocenters. The molecule has 0 aliphatic rings. The number of nitrogens with zero attached hydrogens (tertiary/aromatic N) is 2. The van der Waals surface area contributed by atoms with Crippen molar-refractivity contribution in [3.8, 4) is 0 Å². The monoisotopic (exact) mass is 340 g/mol. The van der Waals surface area contributed by atoms with Crippen molar-refractivity contribution in [2.24, 2.45) is 0 Å². The van der Waals surface area contributed by atoms with E-state index in [0.717, 1.165) is 0 Å². The topological polar surface area (TPSA) is 87.4 Å². The van der Waals surface area contributed by atoms with Crippen molar-refractivity contribution in [2.75, 3.05) is 39.3 Å². The van der Waals surface area contributed by atoms with Crippen LogP contribution in [0, 0.1) is 0 Å². The minimum Gasteiger partial charge on any atom is -0.392 e. The van der Waals surface area contributed by atoms with Gasteiger partial charge in [-0.15, -0.1) is 0 Å². The number of hydrogen-bond acceptors (Lipinski definition) is 6. The summed E-state index contributed by atoms with van der Waals surface area (Å²) in [7, 11) is 0. The van der Waals surface area contributed by atoms with E-state index in [9.17, 15) is 20.4 Å². The van der Waals surface area contributed by atoms with Crippen molar-refractivity contribution in [3.63, 3.8) is 0 Å². The summed E-state index contributed by atoms with van der Waals surface area (Å²) in [5.41, 5.74) is 0. The summed E-state index contributed by atoms with van der Waals surface area (Å²) < 4.78 is 0. The molecular formula is C14H32N2O4Ti. The van der Waals surface area contributed by atoms with E-state index in [1.165, 1.54) is 0 Å². The summed E-state index contributed by atoms with van der Waals surface area (Å²) in [6.07, 6.45) is -1.79. The summed E-state index contributed by atoms with van der Waals surface area (Å²) in [5, 5.41) is 37.9. The fourth-order valence-corrected chi connectivity index (χ4v) is 2.29. The van der Waals surface area contributed by atoms with Gasteiger partial charge in [0, 0.05) is 61.0 Å². The van der Waals surface area contributed by atoms with Gasteiger partial charge in [0.05, 0.1) is 24.4 Å². The first-order chi connectivity index (χ1) is 9.20. The molecule has 6 nitrogen and oxygen atoms in total. The fourth-order valence-electron chi connectivity index (χ4n) is 2.29. The van der Waals surface area contributed by atoms with Gasteiger partial charge < -0.3 is 20.4 Å². The third-order valence-electron chi connectivity index (χ3n) is 2.82. The Labute approximate surface area is 143 Å². The third kappa shape index (κ3) is 15.2. The Balaban J connectivity index is 0. The molecule has 0 aromatic rings. The molecule has 0 fully saturated rings. The van der Waals surface area contributed by atoms with Crippen LogP contribution < -0.4 is 0 Å². The maximum atomic E-state index is 9.47. The Kier molecular flexibility index (Phi) is 14.7. The maximum absolute atomic E-state index is 9.47. The molecule has 4 unspecified atom stereocenters. The van der Waals surface area contributed by atoms with E-state index in [0.29, 0.717) is 39.3 Å². The summed E-state index contributed by atoms with van der Waals surface area (Å²) >= 11 is 0. The van der Waals surface area contributed by atoms with Gasteiger partial charge >= 0.3 is 0 Å². The zero-order valence-corrected chi connectivity index (χ0v) is 15.3. The molecular weight excluding hydrogens is 308 g/mol. The second kappa shape index (κ2) is 13.0. The predicted octanol–water partition coefficient (Wildman–Crippen LogP) is -0.889. The molecule has 21 heavy (non-hydrogen) atoms. The van der Waals surface area contributed by atoms with E-state index in [1.54, 1.807) is 27.7 Å². The number of rotatable bonds is 11. The van der Waals surface area contributed by atoms with Gasteiger partial charge in [0.25, 0.3) is 0 Å². The first-order valence-corrected chi connectivity index (χ1v) is 7.37. The molecule has 4 N–H and O–H groups in total. The Bertz CT molecular complexity index is 197. The van der Waals surface area contributed by atoms with Crippen LogP contribution in [0.5, 0.6) is 0 Å². The SMILES string of the molecule is CC(O)CN(CCN(CC(C)O)CC(C)O)CC(C)O.[Ti]. The van der Waals surface area contributed by atoms with Crippen LogP contribution in [-0.4, -0.2) is 93.9 Å². The van der Waals surface area contributed by atoms with Crippen molar-refractivity contribution in [1.29, 1.82) is 0 Å². The van der Waals surface area contributed by atoms with Crippen LogP contribution in [0.15, 0.2) is 0 Å². The number of aliphatic hydroxyl groups is 4. The van der Waals surface area contributed by atoms with Crippen LogP contribution in [0.1, 0.15) is 27.7 Å². The minimum atomic E-state index is -0.448. The molecule has 0 aliphatic carbocycles. The third-order valence-corrected chi connectivity index (χ3v) is 2.82. The minimum absolute atomic E-state index is 0. The van der Waals surface area contributed by atoms with Crippen LogP contribution in [-0.2, 0) is 21.7 Å². The van der Waals surface area contributed by atoms with Crippen molar-refractivity contribution >= 4 is 0 Å². The summed E-state index contributed by atoms with van der Waals surface area (Å²) in [4.78, 5) is 3.98. The quantitative estimate of drug-likeness (QED) is 0.365. The van der Waals surface area contributed by atoms with Gasteiger partial charge in [-0.2, -0.15) is 0 Å². The molecule has 0 heterocycles. The standard InChI is InChI=1S/C14H32N2O4.Ti/c1-11(17)7-15(8-12(2)18)5-6-16(9-13(3)19)10-14(4)20;/h11-14,17-20H,5-10H2,1-4H3;. The first kappa shape index (κ1) is 23.7. The van der Waals surface area contributed by atoms with Gasteiger partial charge in [-0.1, -0.05) is 0 Å². The molecule has 0 saturated carbocycles. The Morgan fingerprint density at radius 2 is 0.762 bits per heavy atom. The second-order valence-electron chi connectivity index (χ2n) is 5.92. The van der Waals surface area contributed by atoms with Gasteiger partial charge in [0.2, 0.25) is 0 Å². The average molecular weight is 340 g/mol. The molecule has 0 radical (unpaired) electrons. The van der Waals surface area contributed by atoms with Crippen LogP contribution in [0.3, 0.4) is 0 Å². The second-order valence-corrected chi connectivity index (χ2v) is 5.92. The normalized spacial score (nSPS) is 17.4. The van der Waals surface area contributed by atoms with Gasteiger partial charge in [-0.25, -0.2) is 0 Å². The van der Waals surface area contributed by atoms with Crippen LogP contribution in [0.2, 0.25) is 0 Å². The maximum Gasteiger partial charge on any atom is 0.0639 e. The van der Waals surface area contributed by atoms with Crippen molar-refractivity contribution in [2.45, 2.75) is 52.1 Å². The molecule has 126 valence electrons. The van der Waals surface area contributed by atoms with Crippen molar-refractivity contribution < 1.29 is 42.1 Å². The zero-order valence-electron chi connectivity index (χ0n) is 13.7.